The van der Waals surface area contributed by atoms with E-state index in [4.69, 9.17) is 5.11 Å². The van der Waals surface area contributed by atoms with Gasteiger partial charge in [-0.2, -0.15) is 0 Å². The molecule has 112 valence electrons. The fourth-order valence-electron chi connectivity index (χ4n) is 1.79. The number of carbonyl (C=O) groups is 1. The Morgan fingerprint density at radius 1 is 1.05 bits per heavy atom. The average molecular weight is 270 g/mol. The minimum atomic E-state index is 0.0643. The largest absolute Gasteiger partial charge is 0.396 e. The van der Waals surface area contributed by atoms with Crippen LogP contribution in [0, 0.1) is 0 Å². The first-order valence-corrected chi connectivity index (χ1v) is 7.50. The van der Waals surface area contributed by atoms with Gasteiger partial charge in [0.25, 0.3) is 0 Å². The van der Waals surface area contributed by atoms with Crippen LogP contribution in [0.5, 0.6) is 0 Å². The first-order valence-electron chi connectivity index (χ1n) is 7.50. The van der Waals surface area contributed by atoms with Crippen LogP contribution in [0.4, 0.5) is 0 Å². The van der Waals surface area contributed by atoms with Crippen LogP contribution in [0.3, 0.4) is 0 Å². The maximum atomic E-state index is 11.2. The zero-order chi connectivity index (χ0) is 14.2. The van der Waals surface area contributed by atoms with E-state index in [9.17, 15) is 4.79 Å². The molecule has 0 saturated carbocycles. The lowest BCUT2D eigenvalue weighted by atomic mass is 10.1. The molecule has 0 radical (unpaired) electrons. The Morgan fingerprint density at radius 3 is 2.32 bits per heavy atom. The Morgan fingerprint density at radius 2 is 1.68 bits per heavy atom. The zero-order valence-corrected chi connectivity index (χ0v) is 12.3. The van der Waals surface area contributed by atoms with Crippen LogP contribution in [-0.4, -0.2) is 30.8 Å². The molecule has 0 aliphatic rings. The molecule has 0 aliphatic carbocycles. The van der Waals surface area contributed by atoms with Gasteiger partial charge in [0.2, 0.25) is 5.91 Å². The molecule has 0 spiro atoms. The summed E-state index contributed by atoms with van der Waals surface area (Å²) in [4.78, 5) is 11.2. The average Bonchev–Trinajstić information content (AvgIpc) is 2.42. The van der Waals surface area contributed by atoms with E-state index in [0.29, 0.717) is 19.7 Å². The third-order valence-electron chi connectivity index (χ3n) is 2.96. The fraction of sp³-hybridized carbons (Fsp3) is 0.800. The maximum Gasteiger partial charge on any atom is 0.224 e. The minimum absolute atomic E-state index is 0.0643. The number of allylic oxidation sites excluding steroid dienone is 1. The van der Waals surface area contributed by atoms with Gasteiger partial charge in [0.05, 0.1) is 6.67 Å². The zero-order valence-electron chi connectivity index (χ0n) is 12.3. The normalized spacial score (nSPS) is 11.1. The predicted octanol–water partition coefficient (Wildman–Crippen LogP) is 2.34. The second-order valence-corrected chi connectivity index (χ2v) is 4.75. The summed E-state index contributed by atoms with van der Waals surface area (Å²) < 4.78 is 0. The van der Waals surface area contributed by atoms with Gasteiger partial charge in [-0.3, -0.25) is 10.1 Å². The molecular weight excluding hydrogens is 240 g/mol. The highest BCUT2D eigenvalue weighted by Crippen LogP contribution is 2.06. The number of hydrogen-bond acceptors (Lipinski definition) is 3. The second kappa shape index (κ2) is 15.2. The van der Waals surface area contributed by atoms with E-state index in [2.05, 4.69) is 10.6 Å². The Bertz CT molecular complexity index is 230. The van der Waals surface area contributed by atoms with Gasteiger partial charge in [-0.05, 0) is 26.3 Å². The molecule has 4 nitrogen and oxygen atoms in total. The van der Waals surface area contributed by atoms with Crippen molar-refractivity contribution in [2.45, 2.75) is 58.3 Å². The van der Waals surface area contributed by atoms with Gasteiger partial charge in [0.15, 0.2) is 0 Å². The number of rotatable bonds is 13. The number of aliphatic hydroxyl groups excluding tert-OH is 1. The third kappa shape index (κ3) is 15.1. The summed E-state index contributed by atoms with van der Waals surface area (Å²) in [5, 5.41) is 14.7. The van der Waals surface area contributed by atoms with Crippen molar-refractivity contribution in [2.75, 3.05) is 19.8 Å². The van der Waals surface area contributed by atoms with Crippen molar-refractivity contribution in [3.05, 3.63) is 12.2 Å². The first kappa shape index (κ1) is 18.1. The van der Waals surface area contributed by atoms with Crippen molar-refractivity contribution in [1.82, 2.24) is 10.6 Å². The predicted molar refractivity (Wildman–Crippen MR) is 79.8 cm³/mol. The SMILES string of the molecule is C/C=C/CC(=O)NCNCCCCCCCCCO. The van der Waals surface area contributed by atoms with Crippen LogP contribution in [-0.2, 0) is 4.79 Å². The standard InChI is InChI=1S/C15H30N2O2/c1-2-3-11-15(19)17-14-16-12-9-7-5-4-6-8-10-13-18/h2-3,16,18H,4-14H2,1H3,(H,17,19)/b3-2+. The molecule has 0 aromatic carbocycles. The molecule has 1 amide bonds. The molecule has 0 bridgehead atoms. The number of unbranched alkanes of at least 4 members (excludes halogenated alkanes) is 6. The van der Waals surface area contributed by atoms with Crippen LogP contribution in [0.2, 0.25) is 0 Å². The van der Waals surface area contributed by atoms with E-state index >= 15 is 0 Å². The molecule has 0 aromatic heterocycles. The summed E-state index contributed by atoms with van der Waals surface area (Å²) in [5.41, 5.74) is 0. The van der Waals surface area contributed by atoms with Crippen LogP contribution >= 0.6 is 0 Å². The molecule has 0 unspecified atom stereocenters. The Labute approximate surface area is 117 Å². The molecule has 0 atom stereocenters. The van der Waals surface area contributed by atoms with Crippen LogP contribution in [0.25, 0.3) is 0 Å². The van der Waals surface area contributed by atoms with Gasteiger partial charge in [-0.15, -0.1) is 0 Å². The van der Waals surface area contributed by atoms with Crippen molar-refractivity contribution >= 4 is 5.91 Å². The fourth-order valence-corrected chi connectivity index (χ4v) is 1.79. The van der Waals surface area contributed by atoms with Gasteiger partial charge in [-0.25, -0.2) is 0 Å². The minimum Gasteiger partial charge on any atom is -0.396 e. The third-order valence-corrected chi connectivity index (χ3v) is 2.96. The molecule has 4 heteroatoms. The van der Waals surface area contributed by atoms with E-state index in [0.717, 1.165) is 25.8 Å². The first-order chi connectivity index (χ1) is 9.31. The monoisotopic (exact) mass is 270 g/mol. The topological polar surface area (TPSA) is 61.4 Å². The van der Waals surface area contributed by atoms with E-state index in [-0.39, 0.29) is 5.91 Å². The van der Waals surface area contributed by atoms with E-state index in [1.54, 1.807) is 0 Å². The summed E-state index contributed by atoms with van der Waals surface area (Å²) in [6.45, 7) is 3.76. The number of hydrogen-bond donors (Lipinski definition) is 3. The van der Waals surface area contributed by atoms with Crippen molar-refractivity contribution < 1.29 is 9.90 Å². The summed E-state index contributed by atoms with van der Waals surface area (Å²) in [5.74, 6) is 0.0643. The van der Waals surface area contributed by atoms with Gasteiger partial charge in [0, 0.05) is 13.0 Å². The van der Waals surface area contributed by atoms with Crippen molar-refractivity contribution in [3.8, 4) is 0 Å². The summed E-state index contributed by atoms with van der Waals surface area (Å²) in [7, 11) is 0. The van der Waals surface area contributed by atoms with Crippen LogP contribution in [0.1, 0.15) is 58.3 Å². The Kier molecular flexibility index (Phi) is 14.5. The molecule has 0 heterocycles. The Hall–Kier alpha value is -0.870. The molecule has 3 N–H and O–H groups in total. The lowest BCUT2D eigenvalue weighted by Gasteiger charge is -2.06. The highest BCUT2D eigenvalue weighted by Gasteiger charge is 1.96. The van der Waals surface area contributed by atoms with E-state index in [1.165, 1.54) is 25.7 Å². The molecule has 0 saturated heterocycles. The van der Waals surface area contributed by atoms with Crippen molar-refractivity contribution in [1.29, 1.82) is 0 Å². The number of nitrogens with one attached hydrogen (secondary N) is 2. The lowest BCUT2D eigenvalue weighted by Crippen LogP contribution is -2.33. The quantitative estimate of drug-likeness (QED) is 0.273. The number of aliphatic hydroxyl groups is 1. The van der Waals surface area contributed by atoms with Gasteiger partial charge >= 0.3 is 0 Å². The number of amides is 1. The number of carbonyl (C=O) groups excluding carboxylic acids is 1. The smallest absolute Gasteiger partial charge is 0.224 e. The van der Waals surface area contributed by atoms with Gasteiger partial charge < -0.3 is 10.4 Å². The summed E-state index contributed by atoms with van der Waals surface area (Å²) >= 11 is 0. The van der Waals surface area contributed by atoms with Crippen molar-refractivity contribution in [3.63, 3.8) is 0 Å². The molecule has 0 rings (SSSR count). The highest BCUT2D eigenvalue weighted by molar-refractivity contribution is 5.77. The van der Waals surface area contributed by atoms with Crippen molar-refractivity contribution in [2.24, 2.45) is 0 Å². The molecule has 0 aliphatic heterocycles. The molecule has 0 fully saturated rings. The maximum absolute atomic E-state index is 11.2. The summed E-state index contributed by atoms with van der Waals surface area (Å²) in [6, 6.07) is 0. The molecule has 19 heavy (non-hydrogen) atoms. The highest BCUT2D eigenvalue weighted by atomic mass is 16.2. The van der Waals surface area contributed by atoms with Gasteiger partial charge in [0.1, 0.15) is 0 Å². The molecular formula is C15H30N2O2. The van der Waals surface area contributed by atoms with E-state index < -0.39 is 0 Å². The lowest BCUT2D eigenvalue weighted by molar-refractivity contribution is -0.120. The Balaban J connectivity index is 3.08. The second-order valence-electron chi connectivity index (χ2n) is 4.75. The van der Waals surface area contributed by atoms with Crippen LogP contribution < -0.4 is 10.6 Å². The van der Waals surface area contributed by atoms with E-state index in [1.807, 2.05) is 19.1 Å². The summed E-state index contributed by atoms with van der Waals surface area (Å²) in [6.07, 6.45) is 12.4. The van der Waals surface area contributed by atoms with Crippen LogP contribution in [0.15, 0.2) is 12.2 Å². The molecule has 0 aromatic rings. The van der Waals surface area contributed by atoms with Gasteiger partial charge in [-0.1, -0.05) is 44.3 Å².